The Kier molecular flexibility index (Phi) is 2.35. The van der Waals surface area contributed by atoms with Crippen molar-refractivity contribution in [3.63, 3.8) is 0 Å². The van der Waals surface area contributed by atoms with Crippen molar-refractivity contribution in [1.82, 2.24) is 10.3 Å². The Morgan fingerprint density at radius 3 is 2.79 bits per heavy atom. The Morgan fingerprint density at radius 1 is 1.42 bits per heavy atom. The summed E-state index contributed by atoms with van der Waals surface area (Å²) in [5, 5.41) is 11.5. The lowest BCUT2D eigenvalue weighted by Crippen LogP contribution is -2.42. The molecule has 0 spiro atoms. The number of carbonyl (C=O) groups excluding carboxylic acids is 1. The maximum absolute atomic E-state index is 12.0. The molecule has 0 saturated heterocycles. The highest BCUT2D eigenvalue weighted by molar-refractivity contribution is 5.99. The molecule has 1 aliphatic rings. The summed E-state index contributed by atoms with van der Waals surface area (Å²) in [5.41, 5.74) is 0.810. The number of rotatable bonds is 3. The second-order valence-electron chi connectivity index (χ2n) is 4.79. The van der Waals surface area contributed by atoms with Crippen molar-refractivity contribution in [1.29, 1.82) is 0 Å². The van der Waals surface area contributed by atoms with Gasteiger partial charge in [-0.2, -0.15) is 0 Å². The van der Waals surface area contributed by atoms with E-state index in [1.54, 1.807) is 12.1 Å². The molecule has 1 aliphatic carbocycles. The van der Waals surface area contributed by atoms with Crippen molar-refractivity contribution in [2.45, 2.75) is 25.3 Å². The molecule has 3 rings (SSSR count). The molecule has 2 N–H and O–H groups in total. The van der Waals surface area contributed by atoms with E-state index in [1.807, 2.05) is 6.92 Å². The fourth-order valence-electron chi connectivity index (χ4n) is 1.93. The average molecular weight is 260 g/mol. The van der Waals surface area contributed by atoms with Gasteiger partial charge in [0.25, 0.3) is 5.91 Å². The van der Waals surface area contributed by atoms with Crippen molar-refractivity contribution in [2.24, 2.45) is 0 Å². The van der Waals surface area contributed by atoms with E-state index < -0.39 is 17.4 Å². The van der Waals surface area contributed by atoms with Crippen LogP contribution in [0, 0.1) is 6.92 Å². The molecule has 1 amide bonds. The third-order valence-electron chi connectivity index (χ3n) is 3.25. The fourth-order valence-corrected chi connectivity index (χ4v) is 1.93. The van der Waals surface area contributed by atoms with Crippen LogP contribution in [-0.4, -0.2) is 27.5 Å². The van der Waals surface area contributed by atoms with Crippen LogP contribution in [0.2, 0.25) is 0 Å². The zero-order chi connectivity index (χ0) is 13.6. The van der Waals surface area contributed by atoms with Gasteiger partial charge < -0.3 is 14.8 Å². The minimum atomic E-state index is -1.11. The molecule has 98 valence electrons. The maximum Gasteiger partial charge on any atom is 0.329 e. The molecule has 6 heteroatoms. The normalized spacial score (nSPS) is 16.3. The van der Waals surface area contributed by atoms with Crippen molar-refractivity contribution in [3.8, 4) is 0 Å². The highest BCUT2D eigenvalue weighted by Gasteiger charge is 2.52. The van der Waals surface area contributed by atoms with Crippen molar-refractivity contribution in [3.05, 3.63) is 29.7 Å². The summed E-state index contributed by atoms with van der Waals surface area (Å²) in [6.45, 7) is 1.84. The molecule has 2 aromatic heterocycles. The number of pyridine rings is 1. The number of amides is 1. The van der Waals surface area contributed by atoms with Crippen LogP contribution >= 0.6 is 0 Å². The molecule has 1 fully saturated rings. The molecule has 2 aromatic rings. The molecule has 0 radical (unpaired) electrons. The van der Waals surface area contributed by atoms with Gasteiger partial charge in [-0.3, -0.25) is 4.79 Å². The number of aliphatic carboxylic acids is 1. The summed E-state index contributed by atoms with van der Waals surface area (Å²) in [4.78, 5) is 27.2. The van der Waals surface area contributed by atoms with Gasteiger partial charge in [-0.05, 0) is 31.9 Å². The van der Waals surface area contributed by atoms with E-state index in [4.69, 9.17) is 9.52 Å². The number of carbonyl (C=O) groups is 2. The number of fused-ring (bicyclic) bond motifs is 1. The zero-order valence-corrected chi connectivity index (χ0v) is 10.3. The first-order valence-corrected chi connectivity index (χ1v) is 5.93. The van der Waals surface area contributed by atoms with Gasteiger partial charge in [0.2, 0.25) is 0 Å². The maximum atomic E-state index is 12.0. The van der Waals surface area contributed by atoms with E-state index in [2.05, 4.69) is 10.3 Å². The number of nitrogens with one attached hydrogen (secondary N) is 1. The van der Waals surface area contributed by atoms with Crippen LogP contribution in [0.15, 0.2) is 22.6 Å². The van der Waals surface area contributed by atoms with E-state index in [9.17, 15) is 9.59 Å². The molecule has 2 heterocycles. The van der Waals surface area contributed by atoms with Crippen LogP contribution in [0.1, 0.15) is 29.1 Å². The van der Waals surface area contributed by atoms with Crippen LogP contribution in [0.4, 0.5) is 0 Å². The molecular formula is C13H12N2O4. The largest absolute Gasteiger partial charge is 0.480 e. The summed E-state index contributed by atoms with van der Waals surface area (Å²) < 4.78 is 5.37. The molecule has 0 bridgehead atoms. The van der Waals surface area contributed by atoms with Crippen molar-refractivity contribution < 1.29 is 19.1 Å². The molecule has 0 atom stereocenters. The molecule has 6 nitrogen and oxygen atoms in total. The van der Waals surface area contributed by atoms with Crippen LogP contribution in [-0.2, 0) is 4.79 Å². The first-order chi connectivity index (χ1) is 9.00. The number of aryl methyl sites for hydroxylation is 1. The van der Waals surface area contributed by atoms with E-state index >= 15 is 0 Å². The Hall–Kier alpha value is -2.37. The second kappa shape index (κ2) is 3.81. The van der Waals surface area contributed by atoms with Crippen LogP contribution in [0.3, 0.4) is 0 Å². The summed E-state index contributed by atoms with van der Waals surface area (Å²) >= 11 is 0. The standard InChI is InChI=1S/C13H12N2O4/c1-7-2-3-9-8(14-7)6-10(19-9)11(16)15-13(4-5-13)12(17)18/h2-3,6H,4-5H2,1H3,(H,15,16)(H,17,18). The quantitative estimate of drug-likeness (QED) is 0.872. The predicted molar refractivity (Wildman–Crippen MR) is 65.8 cm³/mol. The van der Waals surface area contributed by atoms with E-state index in [-0.39, 0.29) is 5.76 Å². The van der Waals surface area contributed by atoms with Gasteiger partial charge in [-0.1, -0.05) is 0 Å². The van der Waals surface area contributed by atoms with E-state index in [0.717, 1.165) is 5.69 Å². The van der Waals surface area contributed by atoms with Crippen LogP contribution in [0.5, 0.6) is 0 Å². The van der Waals surface area contributed by atoms with Gasteiger partial charge >= 0.3 is 5.97 Å². The van der Waals surface area contributed by atoms with Gasteiger partial charge in [-0.15, -0.1) is 0 Å². The van der Waals surface area contributed by atoms with Crippen LogP contribution < -0.4 is 5.32 Å². The molecule has 0 aromatic carbocycles. The third-order valence-corrected chi connectivity index (χ3v) is 3.25. The lowest BCUT2D eigenvalue weighted by Gasteiger charge is -2.10. The Morgan fingerprint density at radius 2 is 2.16 bits per heavy atom. The van der Waals surface area contributed by atoms with Crippen molar-refractivity contribution >= 4 is 23.0 Å². The number of aromatic nitrogens is 1. The fraction of sp³-hybridized carbons (Fsp3) is 0.308. The first kappa shape index (κ1) is 11.7. The highest BCUT2D eigenvalue weighted by Crippen LogP contribution is 2.36. The van der Waals surface area contributed by atoms with Gasteiger partial charge in [0.15, 0.2) is 11.3 Å². The molecule has 1 saturated carbocycles. The lowest BCUT2D eigenvalue weighted by atomic mass is 10.2. The molecule has 0 aliphatic heterocycles. The van der Waals surface area contributed by atoms with Gasteiger partial charge in [0, 0.05) is 11.8 Å². The molecule has 19 heavy (non-hydrogen) atoms. The number of nitrogens with zero attached hydrogens (tertiary/aromatic N) is 1. The highest BCUT2D eigenvalue weighted by atomic mass is 16.4. The Labute approximate surface area is 108 Å². The minimum absolute atomic E-state index is 0.0839. The number of carboxylic acid groups (broad SMARTS) is 1. The van der Waals surface area contributed by atoms with E-state index in [0.29, 0.717) is 23.9 Å². The first-order valence-electron chi connectivity index (χ1n) is 5.93. The summed E-state index contributed by atoms with van der Waals surface area (Å²) in [5.74, 6) is -1.44. The number of furan rings is 1. The van der Waals surface area contributed by atoms with Gasteiger partial charge in [-0.25, -0.2) is 9.78 Å². The van der Waals surface area contributed by atoms with E-state index in [1.165, 1.54) is 6.07 Å². The number of hydrogen-bond donors (Lipinski definition) is 2. The topological polar surface area (TPSA) is 92.4 Å². The summed E-state index contributed by atoms with van der Waals surface area (Å²) in [6.07, 6.45) is 0.900. The van der Waals surface area contributed by atoms with Gasteiger partial charge in [0.1, 0.15) is 11.1 Å². The molecular weight excluding hydrogens is 248 g/mol. The smallest absolute Gasteiger partial charge is 0.329 e. The lowest BCUT2D eigenvalue weighted by molar-refractivity contribution is -0.140. The Balaban J connectivity index is 1.88. The summed E-state index contributed by atoms with van der Waals surface area (Å²) in [7, 11) is 0. The van der Waals surface area contributed by atoms with Gasteiger partial charge in [0.05, 0.1) is 0 Å². The third kappa shape index (κ3) is 1.95. The monoisotopic (exact) mass is 260 g/mol. The van der Waals surface area contributed by atoms with Crippen molar-refractivity contribution in [2.75, 3.05) is 0 Å². The molecule has 0 unspecified atom stereocenters. The average Bonchev–Trinajstić information content (AvgIpc) is 3.01. The second-order valence-corrected chi connectivity index (χ2v) is 4.79. The van der Waals surface area contributed by atoms with Crippen LogP contribution in [0.25, 0.3) is 11.1 Å². The zero-order valence-electron chi connectivity index (χ0n) is 10.3. The minimum Gasteiger partial charge on any atom is -0.480 e. The summed E-state index contributed by atoms with van der Waals surface area (Å²) in [6, 6.07) is 5.04. The Bertz CT molecular complexity index is 685. The number of carboxylic acids is 1. The predicted octanol–water partition coefficient (Wildman–Crippen LogP) is 1.48. The number of hydrogen-bond acceptors (Lipinski definition) is 4. The SMILES string of the molecule is Cc1ccc2oc(C(=O)NC3(C(=O)O)CC3)cc2n1.